The van der Waals surface area contributed by atoms with E-state index in [4.69, 9.17) is 0 Å². The van der Waals surface area contributed by atoms with Gasteiger partial charge in [0.05, 0.1) is 0 Å². The maximum Gasteiger partial charge on any atom is 0.0468 e. The largest absolute Gasteiger partial charge is 0.311 e. The number of rotatable bonds is 14. The summed E-state index contributed by atoms with van der Waals surface area (Å²) in [6, 6.07) is 60.8. The number of hydrogen-bond acceptors (Lipinski definition) is 2. The van der Waals surface area contributed by atoms with E-state index in [1.54, 1.807) is 0 Å². The third kappa shape index (κ3) is 9.62. The summed E-state index contributed by atoms with van der Waals surface area (Å²) in [7, 11) is 0. The zero-order valence-electron chi connectivity index (χ0n) is 38.0. The monoisotopic (exact) mass is 820 g/mol. The van der Waals surface area contributed by atoms with Gasteiger partial charge in [0.1, 0.15) is 0 Å². The van der Waals surface area contributed by atoms with Crippen LogP contribution < -0.4 is 20.2 Å². The molecule has 0 aromatic heterocycles. The van der Waals surface area contributed by atoms with Crippen molar-refractivity contribution in [2.75, 3.05) is 9.80 Å². The highest BCUT2D eigenvalue weighted by atomic mass is 15.1. The molecule has 0 radical (unpaired) electrons. The minimum Gasteiger partial charge on any atom is -0.311 e. The van der Waals surface area contributed by atoms with Gasteiger partial charge in [-0.15, -0.1) is 0 Å². The molecular weight excluding hydrogens is 761 g/mol. The zero-order chi connectivity index (χ0) is 43.9. The molecule has 7 aromatic carbocycles. The predicted molar refractivity (Wildman–Crippen MR) is 271 cm³/mol. The number of fused-ring (bicyclic) bond motifs is 1. The maximum absolute atomic E-state index is 4.43. The van der Waals surface area contributed by atoms with E-state index in [-0.39, 0.29) is 0 Å². The Bertz CT molecular complexity index is 2910. The van der Waals surface area contributed by atoms with Crippen LogP contribution in [0, 0.1) is 27.7 Å². The quantitative estimate of drug-likeness (QED) is 0.101. The molecule has 1 aliphatic carbocycles. The first kappa shape index (κ1) is 42.8. The van der Waals surface area contributed by atoms with Gasteiger partial charge in [0, 0.05) is 34.1 Å². The molecule has 1 aliphatic rings. The third-order valence-corrected chi connectivity index (χ3v) is 12.1. The molecule has 0 N–H and O–H groups in total. The minimum atomic E-state index is 0.775. The van der Waals surface area contributed by atoms with E-state index in [9.17, 15) is 0 Å². The molecule has 0 atom stereocenters. The van der Waals surface area contributed by atoms with Crippen LogP contribution in [-0.2, 0) is 12.8 Å². The Hall–Kier alpha value is -6.90. The van der Waals surface area contributed by atoms with Crippen LogP contribution in [0.5, 0.6) is 0 Å². The van der Waals surface area contributed by atoms with Gasteiger partial charge in [0.15, 0.2) is 0 Å². The van der Waals surface area contributed by atoms with E-state index < -0.39 is 0 Å². The van der Waals surface area contributed by atoms with Crippen LogP contribution in [0.15, 0.2) is 200 Å². The van der Waals surface area contributed by atoms with Crippen molar-refractivity contribution in [3.05, 3.63) is 255 Å². The number of hydrogen-bond donors (Lipinski definition) is 0. The topological polar surface area (TPSA) is 6.48 Å². The Morgan fingerprint density at radius 1 is 0.508 bits per heavy atom. The lowest BCUT2D eigenvalue weighted by atomic mass is 9.82. The number of nitrogens with zero attached hydrogens (tertiary/aromatic N) is 2. The van der Waals surface area contributed by atoms with Crippen molar-refractivity contribution >= 4 is 39.6 Å². The molecule has 2 heteroatoms. The Morgan fingerprint density at radius 3 is 1.63 bits per heavy atom. The van der Waals surface area contributed by atoms with Crippen molar-refractivity contribution in [1.29, 1.82) is 0 Å². The highest BCUT2D eigenvalue weighted by Crippen LogP contribution is 2.38. The summed E-state index contributed by atoms with van der Waals surface area (Å²) < 4.78 is 0. The summed E-state index contributed by atoms with van der Waals surface area (Å²) in [5.74, 6) is 0. The van der Waals surface area contributed by atoms with Gasteiger partial charge in [0.2, 0.25) is 0 Å². The van der Waals surface area contributed by atoms with Crippen LogP contribution >= 0.6 is 0 Å². The molecule has 63 heavy (non-hydrogen) atoms. The lowest BCUT2D eigenvalue weighted by Gasteiger charge is -2.28. The van der Waals surface area contributed by atoms with Gasteiger partial charge in [-0.1, -0.05) is 154 Å². The van der Waals surface area contributed by atoms with Gasteiger partial charge >= 0.3 is 0 Å². The first-order valence-corrected chi connectivity index (χ1v) is 22.7. The van der Waals surface area contributed by atoms with Crippen molar-refractivity contribution in [1.82, 2.24) is 0 Å². The van der Waals surface area contributed by atoms with Gasteiger partial charge < -0.3 is 9.80 Å². The van der Waals surface area contributed by atoms with E-state index in [0.717, 1.165) is 60.6 Å². The van der Waals surface area contributed by atoms with Crippen molar-refractivity contribution < 1.29 is 0 Å². The number of benzene rings is 7. The van der Waals surface area contributed by atoms with Gasteiger partial charge in [-0.2, -0.15) is 0 Å². The van der Waals surface area contributed by atoms with E-state index in [1.807, 2.05) is 6.08 Å². The predicted octanol–water partition coefficient (Wildman–Crippen LogP) is 14.9. The maximum atomic E-state index is 4.43. The lowest BCUT2D eigenvalue weighted by Crippen LogP contribution is -2.34. The summed E-state index contributed by atoms with van der Waals surface area (Å²) >= 11 is 0. The van der Waals surface area contributed by atoms with Crippen LogP contribution in [0.1, 0.15) is 77.6 Å². The fourth-order valence-electron chi connectivity index (χ4n) is 9.18. The average molecular weight is 821 g/mol. The van der Waals surface area contributed by atoms with Crippen molar-refractivity contribution in [2.45, 2.75) is 73.6 Å². The normalized spacial score (nSPS) is 13.2. The smallest absolute Gasteiger partial charge is 0.0468 e. The summed E-state index contributed by atoms with van der Waals surface area (Å²) in [5.41, 5.74) is 20.7. The SMILES string of the molecule is C=C/C(=C\C=C1/CC(c2ccccc2)=c2ccc(N(c3ccc(C)cc3)c3cc(C)cc(CCC)c3)cc2=C1c1ccccc1)N(c1ccc(C)cc1)c1cc(C)cc(CCC)c1. The summed E-state index contributed by atoms with van der Waals surface area (Å²) in [6.45, 7) is 17.7. The van der Waals surface area contributed by atoms with Gasteiger partial charge in [-0.3, -0.25) is 0 Å². The fraction of sp³-hybridized carbons (Fsp3) is 0.180. The van der Waals surface area contributed by atoms with Crippen LogP contribution in [0.25, 0.3) is 11.1 Å². The Kier molecular flexibility index (Phi) is 13.2. The van der Waals surface area contributed by atoms with Crippen LogP contribution in [0.4, 0.5) is 28.4 Å². The number of anilines is 5. The van der Waals surface area contributed by atoms with Gasteiger partial charge in [0.25, 0.3) is 0 Å². The molecule has 0 aliphatic heterocycles. The molecule has 0 unspecified atom stereocenters. The van der Waals surface area contributed by atoms with Crippen molar-refractivity contribution in [2.24, 2.45) is 0 Å². The summed E-state index contributed by atoms with van der Waals surface area (Å²) in [4.78, 5) is 4.81. The van der Waals surface area contributed by atoms with Crippen molar-refractivity contribution in [3.63, 3.8) is 0 Å². The van der Waals surface area contributed by atoms with Crippen LogP contribution in [0.2, 0.25) is 0 Å². The van der Waals surface area contributed by atoms with Crippen LogP contribution in [0.3, 0.4) is 0 Å². The molecule has 8 rings (SSSR count). The molecule has 2 nitrogen and oxygen atoms in total. The van der Waals surface area contributed by atoms with Gasteiger partial charge in [-0.05, 0) is 180 Å². The Balaban J connectivity index is 1.40. The molecule has 0 heterocycles. The molecule has 0 spiro atoms. The number of allylic oxidation sites excluding steroid dienone is 4. The first-order chi connectivity index (χ1) is 30.7. The third-order valence-electron chi connectivity index (χ3n) is 12.1. The van der Waals surface area contributed by atoms with E-state index in [1.165, 1.54) is 77.4 Å². The Labute approximate surface area is 376 Å². The van der Waals surface area contributed by atoms with E-state index in [0.29, 0.717) is 0 Å². The first-order valence-electron chi connectivity index (χ1n) is 22.7. The molecule has 314 valence electrons. The molecule has 0 fully saturated rings. The molecule has 0 bridgehead atoms. The molecule has 0 saturated carbocycles. The standard InChI is InChI=1S/C61H60N2/c1-8-17-47-35-45(6)37-56(39-47)62(53-28-23-43(4)24-29-53)52(10-3)32-27-51-41-59(49-19-13-11-14-20-49)58-34-33-55(42-60(58)61(51)50-21-15-12-16-22-50)63(54-30-25-44(5)26-31-54)57-38-46(7)36-48(40-57)18-9-2/h10-16,19-40,42H,3,8-9,17-18,41H2,1-2,4-7H3/b51-27+,52-32+. The highest BCUT2D eigenvalue weighted by Gasteiger charge is 2.22. The molecule has 7 aromatic rings. The second-order valence-corrected chi connectivity index (χ2v) is 17.2. The Morgan fingerprint density at radius 2 is 1.05 bits per heavy atom. The van der Waals surface area contributed by atoms with Gasteiger partial charge in [-0.25, -0.2) is 0 Å². The van der Waals surface area contributed by atoms with E-state index in [2.05, 4.69) is 234 Å². The second kappa shape index (κ2) is 19.4. The van der Waals surface area contributed by atoms with E-state index >= 15 is 0 Å². The number of aryl methyl sites for hydroxylation is 6. The summed E-state index contributed by atoms with van der Waals surface area (Å²) in [5, 5.41) is 2.48. The second-order valence-electron chi connectivity index (χ2n) is 17.2. The lowest BCUT2D eigenvalue weighted by molar-refractivity contribution is 0.919. The van der Waals surface area contributed by atoms with Crippen molar-refractivity contribution in [3.8, 4) is 0 Å². The zero-order valence-corrected chi connectivity index (χ0v) is 38.0. The molecule has 0 saturated heterocycles. The summed E-state index contributed by atoms with van der Waals surface area (Å²) in [6.07, 6.45) is 11.7. The fourth-order valence-corrected chi connectivity index (χ4v) is 9.18. The molecular formula is C61H60N2. The molecule has 0 amide bonds. The van der Waals surface area contributed by atoms with Crippen LogP contribution in [-0.4, -0.2) is 0 Å². The average Bonchev–Trinajstić information content (AvgIpc) is 3.29. The minimum absolute atomic E-state index is 0.775. The highest BCUT2D eigenvalue weighted by molar-refractivity contribution is 5.88.